The van der Waals surface area contributed by atoms with Crippen LogP contribution in [0, 0.1) is 16.7 Å². The van der Waals surface area contributed by atoms with Crippen molar-refractivity contribution in [3.63, 3.8) is 0 Å². The molecule has 0 saturated carbocycles. The number of nitriles is 1. The van der Waals surface area contributed by atoms with Crippen molar-refractivity contribution in [3.8, 4) is 6.07 Å². The van der Waals surface area contributed by atoms with Crippen molar-refractivity contribution in [2.45, 2.75) is 32.6 Å². The number of fused-ring (bicyclic) bond motifs is 1. The Bertz CT molecular complexity index is 784. The molecule has 0 bridgehead atoms. The van der Waals surface area contributed by atoms with Gasteiger partial charge < -0.3 is 9.47 Å². The lowest BCUT2D eigenvalue weighted by Crippen LogP contribution is -2.45. The second-order valence-electron chi connectivity index (χ2n) is 6.84. The summed E-state index contributed by atoms with van der Waals surface area (Å²) in [6.07, 6.45) is 1.97. The van der Waals surface area contributed by atoms with Gasteiger partial charge in [0.1, 0.15) is 11.2 Å². The number of hydrogen-bond donors (Lipinski definition) is 0. The molecular weight excluding hydrogens is 288 g/mol. The number of piperidine rings is 1. The smallest absolute Gasteiger partial charge is 0.242 e. The molecule has 1 amide bonds. The summed E-state index contributed by atoms with van der Waals surface area (Å²) < 4.78 is 2.13. The molecule has 23 heavy (non-hydrogen) atoms. The number of carbonyl (C=O) groups excluding carboxylic acids is 1. The first-order valence-corrected chi connectivity index (χ1v) is 8.06. The summed E-state index contributed by atoms with van der Waals surface area (Å²) in [6, 6.07) is 10.2. The molecule has 0 N–H and O–H groups in total. The van der Waals surface area contributed by atoms with E-state index in [1.165, 1.54) is 0 Å². The van der Waals surface area contributed by atoms with E-state index in [4.69, 9.17) is 4.98 Å². The van der Waals surface area contributed by atoms with Gasteiger partial charge in [0.05, 0.1) is 17.1 Å². The standard InChI is InChI=1S/C18H22N4O/c1-18(2,12-19)17(23)22-10-6-7-13(11-22)16-20-14-8-4-5-9-15(14)21(16)3/h4-5,8-9,13H,6-7,10-11H2,1-3H3. The third-order valence-corrected chi connectivity index (χ3v) is 4.71. The molecule has 1 aliphatic heterocycles. The maximum Gasteiger partial charge on any atom is 0.242 e. The van der Waals surface area contributed by atoms with Gasteiger partial charge in [0.2, 0.25) is 5.91 Å². The highest BCUT2D eigenvalue weighted by molar-refractivity contribution is 5.84. The van der Waals surface area contributed by atoms with Crippen molar-refractivity contribution in [2.75, 3.05) is 13.1 Å². The van der Waals surface area contributed by atoms with E-state index in [9.17, 15) is 10.1 Å². The van der Waals surface area contributed by atoms with E-state index >= 15 is 0 Å². The van der Waals surface area contributed by atoms with Gasteiger partial charge in [-0.15, -0.1) is 0 Å². The van der Waals surface area contributed by atoms with Gasteiger partial charge in [-0.05, 0) is 38.8 Å². The van der Waals surface area contributed by atoms with Gasteiger partial charge >= 0.3 is 0 Å². The second kappa shape index (κ2) is 5.69. The summed E-state index contributed by atoms with van der Waals surface area (Å²) in [6.45, 7) is 4.74. The van der Waals surface area contributed by atoms with E-state index in [0.29, 0.717) is 6.54 Å². The fourth-order valence-electron chi connectivity index (χ4n) is 3.34. The van der Waals surface area contributed by atoms with Gasteiger partial charge in [-0.3, -0.25) is 4.79 Å². The summed E-state index contributed by atoms with van der Waals surface area (Å²) in [5, 5.41) is 9.20. The number of rotatable bonds is 2. The number of aromatic nitrogens is 2. The SMILES string of the molecule is Cn1c(C2CCCN(C(=O)C(C)(C)C#N)C2)nc2ccccc21. The maximum absolute atomic E-state index is 12.6. The predicted octanol–water partition coefficient (Wildman–Crippen LogP) is 2.83. The minimum atomic E-state index is -0.964. The van der Waals surface area contributed by atoms with Crippen molar-refractivity contribution in [1.29, 1.82) is 5.26 Å². The zero-order valence-corrected chi connectivity index (χ0v) is 13.9. The number of hydrogen-bond acceptors (Lipinski definition) is 3. The molecule has 1 unspecified atom stereocenters. The molecule has 5 heteroatoms. The van der Waals surface area contributed by atoms with Gasteiger partial charge in [0.25, 0.3) is 0 Å². The van der Waals surface area contributed by atoms with E-state index in [-0.39, 0.29) is 11.8 Å². The fourth-order valence-corrected chi connectivity index (χ4v) is 3.34. The number of carbonyl (C=O) groups is 1. The van der Waals surface area contributed by atoms with Crippen molar-refractivity contribution >= 4 is 16.9 Å². The van der Waals surface area contributed by atoms with Crippen LogP contribution >= 0.6 is 0 Å². The third-order valence-electron chi connectivity index (χ3n) is 4.71. The normalized spacial score (nSPS) is 18.9. The van der Waals surface area contributed by atoms with Crippen LogP contribution in [0.4, 0.5) is 0 Å². The van der Waals surface area contributed by atoms with Crippen molar-refractivity contribution in [1.82, 2.24) is 14.5 Å². The van der Waals surface area contributed by atoms with Gasteiger partial charge in [-0.25, -0.2) is 4.98 Å². The number of amides is 1. The molecule has 0 spiro atoms. The number of benzene rings is 1. The first-order chi connectivity index (χ1) is 10.9. The number of nitrogens with zero attached hydrogens (tertiary/aromatic N) is 4. The molecule has 2 heterocycles. The zero-order valence-electron chi connectivity index (χ0n) is 13.9. The zero-order chi connectivity index (χ0) is 16.6. The fraction of sp³-hybridized carbons (Fsp3) is 0.500. The first kappa shape index (κ1) is 15.5. The van der Waals surface area contributed by atoms with Crippen LogP contribution in [0.2, 0.25) is 0 Å². The van der Waals surface area contributed by atoms with Crippen molar-refractivity contribution in [3.05, 3.63) is 30.1 Å². The number of para-hydroxylation sites is 2. The van der Waals surface area contributed by atoms with E-state index < -0.39 is 5.41 Å². The van der Waals surface area contributed by atoms with E-state index in [1.807, 2.05) is 30.1 Å². The molecule has 1 aliphatic rings. The Labute approximate surface area is 136 Å². The third kappa shape index (κ3) is 2.70. The topological polar surface area (TPSA) is 61.9 Å². The van der Waals surface area contributed by atoms with Gasteiger partial charge in [0, 0.05) is 26.1 Å². The predicted molar refractivity (Wildman–Crippen MR) is 88.7 cm³/mol. The van der Waals surface area contributed by atoms with Crippen molar-refractivity contribution < 1.29 is 4.79 Å². The highest BCUT2D eigenvalue weighted by Gasteiger charge is 2.35. The molecular formula is C18H22N4O. The lowest BCUT2D eigenvalue weighted by Gasteiger charge is -2.35. The molecule has 0 aliphatic carbocycles. The van der Waals surface area contributed by atoms with Crippen LogP contribution < -0.4 is 0 Å². The molecule has 1 aromatic carbocycles. The molecule has 1 fully saturated rings. The molecule has 3 rings (SSSR count). The molecule has 120 valence electrons. The number of aryl methyl sites for hydroxylation is 1. The van der Waals surface area contributed by atoms with Crippen LogP contribution in [-0.4, -0.2) is 33.4 Å². The molecule has 0 radical (unpaired) electrons. The van der Waals surface area contributed by atoms with Crippen LogP contribution in [0.15, 0.2) is 24.3 Å². The first-order valence-electron chi connectivity index (χ1n) is 8.06. The average molecular weight is 310 g/mol. The number of imidazole rings is 1. The number of likely N-dealkylation sites (tertiary alicyclic amines) is 1. The summed E-state index contributed by atoms with van der Waals surface area (Å²) in [5.74, 6) is 1.17. The van der Waals surface area contributed by atoms with Crippen LogP contribution in [0.3, 0.4) is 0 Å². The molecule has 2 aromatic rings. The highest BCUT2D eigenvalue weighted by atomic mass is 16.2. The Hall–Kier alpha value is -2.35. The highest BCUT2D eigenvalue weighted by Crippen LogP contribution is 2.30. The Morgan fingerprint density at radius 3 is 2.83 bits per heavy atom. The minimum absolute atomic E-state index is 0.0801. The minimum Gasteiger partial charge on any atom is -0.341 e. The molecule has 5 nitrogen and oxygen atoms in total. The van der Waals surface area contributed by atoms with Crippen molar-refractivity contribution in [2.24, 2.45) is 12.5 Å². The second-order valence-corrected chi connectivity index (χ2v) is 6.84. The van der Waals surface area contributed by atoms with Gasteiger partial charge in [-0.2, -0.15) is 5.26 Å². The summed E-state index contributed by atoms with van der Waals surface area (Å²) in [4.78, 5) is 19.2. The van der Waals surface area contributed by atoms with Crippen LogP contribution in [0.5, 0.6) is 0 Å². The summed E-state index contributed by atoms with van der Waals surface area (Å²) >= 11 is 0. The van der Waals surface area contributed by atoms with Crippen LogP contribution in [0.1, 0.15) is 38.4 Å². The van der Waals surface area contributed by atoms with Gasteiger partial charge in [-0.1, -0.05) is 12.1 Å². The molecule has 1 saturated heterocycles. The lowest BCUT2D eigenvalue weighted by molar-refractivity contribution is -0.138. The van der Waals surface area contributed by atoms with E-state index in [1.54, 1.807) is 13.8 Å². The lowest BCUT2D eigenvalue weighted by atomic mass is 9.90. The quantitative estimate of drug-likeness (QED) is 0.857. The maximum atomic E-state index is 12.6. The summed E-state index contributed by atoms with van der Waals surface area (Å²) in [5.41, 5.74) is 1.14. The Morgan fingerprint density at radius 2 is 2.13 bits per heavy atom. The monoisotopic (exact) mass is 310 g/mol. The average Bonchev–Trinajstić information content (AvgIpc) is 2.91. The van der Waals surface area contributed by atoms with E-state index in [0.717, 1.165) is 36.2 Å². The van der Waals surface area contributed by atoms with Gasteiger partial charge in [0.15, 0.2) is 0 Å². The molecule has 1 aromatic heterocycles. The van der Waals surface area contributed by atoms with Crippen LogP contribution in [0.25, 0.3) is 11.0 Å². The Morgan fingerprint density at radius 1 is 1.39 bits per heavy atom. The molecule has 1 atom stereocenters. The summed E-state index contributed by atoms with van der Waals surface area (Å²) in [7, 11) is 2.03. The van der Waals surface area contributed by atoms with Crippen LogP contribution in [-0.2, 0) is 11.8 Å². The Kier molecular flexibility index (Phi) is 3.85. The Balaban J connectivity index is 1.87. The van der Waals surface area contributed by atoms with E-state index in [2.05, 4.69) is 16.7 Å². The largest absolute Gasteiger partial charge is 0.341 e.